The van der Waals surface area contributed by atoms with E-state index in [2.05, 4.69) is 6.58 Å². The lowest BCUT2D eigenvalue weighted by Gasteiger charge is -2.18. The van der Waals surface area contributed by atoms with Crippen LogP contribution < -0.4 is 0 Å². The molecule has 0 saturated heterocycles. The van der Waals surface area contributed by atoms with Gasteiger partial charge in [0.25, 0.3) is 0 Å². The van der Waals surface area contributed by atoms with Crippen LogP contribution in [0.25, 0.3) is 0 Å². The van der Waals surface area contributed by atoms with Crippen molar-refractivity contribution in [2.45, 2.75) is 26.7 Å². The van der Waals surface area contributed by atoms with E-state index < -0.39 is 0 Å². The number of hydrogen-bond acceptors (Lipinski definition) is 1. The van der Waals surface area contributed by atoms with Gasteiger partial charge < -0.3 is 0 Å². The zero-order valence-electron chi connectivity index (χ0n) is 7.59. The smallest absolute Gasteiger partial charge is 0.158 e. The second-order valence-electron chi connectivity index (χ2n) is 3.29. The number of halogens is 1. The second-order valence-corrected chi connectivity index (χ2v) is 3.29. The molecule has 0 aromatic heterocycles. The summed E-state index contributed by atoms with van der Waals surface area (Å²) in [7, 11) is 0. The van der Waals surface area contributed by atoms with Crippen LogP contribution in [0.2, 0.25) is 0 Å². The first-order chi connectivity index (χ1) is 5.11. The zero-order valence-corrected chi connectivity index (χ0v) is 9.31. The number of ketones is 1. The minimum atomic E-state index is 0. The molecule has 1 aliphatic carbocycles. The second kappa shape index (κ2) is 4.61. The zero-order chi connectivity index (χ0) is 8.43. The van der Waals surface area contributed by atoms with Crippen LogP contribution in [0.15, 0.2) is 23.8 Å². The van der Waals surface area contributed by atoms with Gasteiger partial charge in [-0.25, -0.2) is 0 Å². The van der Waals surface area contributed by atoms with Crippen molar-refractivity contribution >= 4 is 22.8 Å². The lowest BCUT2D eigenvalue weighted by atomic mass is 9.85. The summed E-state index contributed by atoms with van der Waals surface area (Å²) in [5.74, 6) is 0.676. The molecule has 0 fully saturated rings. The Labute approximate surface area is 84.3 Å². The Bertz CT molecular complexity index is 228. The van der Waals surface area contributed by atoms with Crippen LogP contribution in [0, 0.1) is 5.92 Å². The van der Waals surface area contributed by atoms with Gasteiger partial charge in [-0.05, 0) is 31.8 Å². The van der Waals surface area contributed by atoms with Crippen molar-refractivity contribution in [1.82, 2.24) is 0 Å². The molecule has 1 rings (SSSR count). The van der Waals surface area contributed by atoms with E-state index in [9.17, 15) is 4.79 Å². The first-order valence-electron chi connectivity index (χ1n) is 3.96. The highest BCUT2D eigenvalue weighted by atomic mass is 79.9. The van der Waals surface area contributed by atoms with E-state index in [1.165, 1.54) is 0 Å². The van der Waals surface area contributed by atoms with Gasteiger partial charge in [-0.3, -0.25) is 4.79 Å². The van der Waals surface area contributed by atoms with E-state index in [4.69, 9.17) is 0 Å². The van der Waals surface area contributed by atoms with Gasteiger partial charge >= 0.3 is 0 Å². The molecule has 0 bridgehead atoms. The molecule has 0 spiro atoms. The molecular formula is C10H15BrO. The molecule has 0 aromatic carbocycles. The molecule has 12 heavy (non-hydrogen) atoms. The fraction of sp³-hybridized carbons (Fsp3) is 0.500. The minimum absolute atomic E-state index is 0. The molecule has 0 aromatic rings. The third-order valence-corrected chi connectivity index (χ3v) is 2.28. The Hall–Kier alpha value is -0.370. The van der Waals surface area contributed by atoms with E-state index in [0.29, 0.717) is 12.3 Å². The Morgan fingerprint density at radius 3 is 2.67 bits per heavy atom. The molecule has 0 saturated carbocycles. The normalized spacial score (nSPS) is 22.7. The van der Waals surface area contributed by atoms with Crippen molar-refractivity contribution < 1.29 is 4.79 Å². The largest absolute Gasteiger partial charge is 0.295 e. The Morgan fingerprint density at radius 1 is 1.67 bits per heavy atom. The maximum Gasteiger partial charge on any atom is 0.158 e. The Kier molecular flexibility index (Phi) is 4.46. The van der Waals surface area contributed by atoms with Gasteiger partial charge in [0.1, 0.15) is 0 Å². The minimum Gasteiger partial charge on any atom is -0.295 e. The number of rotatable bonds is 1. The molecule has 0 radical (unpaired) electrons. The van der Waals surface area contributed by atoms with Gasteiger partial charge in [0.05, 0.1) is 0 Å². The van der Waals surface area contributed by atoms with E-state index in [1.807, 2.05) is 19.9 Å². The summed E-state index contributed by atoms with van der Waals surface area (Å²) in [5, 5.41) is 0. The standard InChI is InChI=1S/C10H14O.BrH/c1-7(2)9-5-4-8(3)10(11)6-9;/h4,9H,1,5-6H2,2-3H3;1H. The summed E-state index contributed by atoms with van der Waals surface area (Å²) in [6.45, 7) is 7.74. The molecule has 0 heterocycles. The molecule has 1 nitrogen and oxygen atoms in total. The highest BCUT2D eigenvalue weighted by Crippen LogP contribution is 2.25. The van der Waals surface area contributed by atoms with Gasteiger partial charge in [-0.1, -0.05) is 18.2 Å². The quantitative estimate of drug-likeness (QED) is 0.634. The molecule has 1 atom stereocenters. The summed E-state index contributed by atoms with van der Waals surface area (Å²) < 4.78 is 0. The number of allylic oxidation sites excluding steroid dienone is 3. The maximum absolute atomic E-state index is 11.2. The molecular weight excluding hydrogens is 216 g/mol. The van der Waals surface area contributed by atoms with Gasteiger partial charge in [0, 0.05) is 6.42 Å². The number of hydrogen-bond donors (Lipinski definition) is 0. The highest BCUT2D eigenvalue weighted by molar-refractivity contribution is 8.93. The van der Waals surface area contributed by atoms with Crippen molar-refractivity contribution in [3.8, 4) is 0 Å². The van der Waals surface area contributed by atoms with Crippen LogP contribution in [0.1, 0.15) is 26.7 Å². The lowest BCUT2D eigenvalue weighted by molar-refractivity contribution is -0.116. The van der Waals surface area contributed by atoms with Crippen LogP contribution >= 0.6 is 17.0 Å². The topological polar surface area (TPSA) is 17.1 Å². The number of carbonyl (C=O) groups is 1. The predicted octanol–water partition coefficient (Wildman–Crippen LogP) is 3.07. The molecule has 0 N–H and O–H groups in total. The van der Waals surface area contributed by atoms with E-state index >= 15 is 0 Å². The lowest BCUT2D eigenvalue weighted by Crippen LogP contribution is -2.14. The summed E-state index contributed by atoms with van der Waals surface area (Å²) in [4.78, 5) is 11.2. The molecule has 0 aliphatic heterocycles. The van der Waals surface area contributed by atoms with Crippen LogP contribution in [0.4, 0.5) is 0 Å². The van der Waals surface area contributed by atoms with Crippen molar-refractivity contribution in [1.29, 1.82) is 0 Å². The number of Topliss-reactive ketones (excluding diaryl/α,β-unsaturated/α-hetero) is 1. The average Bonchev–Trinajstić information content (AvgIpc) is 1.94. The fourth-order valence-corrected chi connectivity index (χ4v) is 1.28. The Morgan fingerprint density at radius 2 is 2.25 bits per heavy atom. The van der Waals surface area contributed by atoms with Crippen LogP contribution in [0.3, 0.4) is 0 Å². The van der Waals surface area contributed by atoms with E-state index in [1.54, 1.807) is 0 Å². The predicted molar refractivity (Wildman–Crippen MR) is 56.6 cm³/mol. The van der Waals surface area contributed by atoms with Crippen LogP contribution in [-0.2, 0) is 4.79 Å². The van der Waals surface area contributed by atoms with E-state index in [0.717, 1.165) is 17.6 Å². The molecule has 1 aliphatic rings. The summed E-state index contributed by atoms with van der Waals surface area (Å²) in [5.41, 5.74) is 2.05. The van der Waals surface area contributed by atoms with Gasteiger partial charge in [-0.15, -0.1) is 17.0 Å². The maximum atomic E-state index is 11.2. The first kappa shape index (κ1) is 11.6. The first-order valence-corrected chi connectivity index (χ1v) is 3.96. The average molecular weight is 231 g/mol. The monoisotopic (exact) mass is 230 g/mol. The van der Waals surface area contributed by atoms with Crippen molar-refractivity contribution in [2.75, 3.05) is 0 Å². The van der Waals surface area contributed by atoms with Gasteiger partial charge in [0.2, 0.25) is 0 Å². The number of carbonyl (C=O) groups excluding carboxylic acids is 1. The molecule has 2 heteroatoms. The highest BCUT2D eigenvalue weighted by Gasteiger charge is 2.18. The molecule has 1 unspecified atom stereocenters. The summed E-state index contributed by atoms with van der Waals surface area (Å²) in [6.07, 6.45) is 3.68. The SMILES string of the molecule is Br.C=C(C)C1CC=C(C)C(=O)C1. The Balaban J connectivity index is 0.00000121. The summed E-state index contributed by atoms with van der Waals surface area (Å²) in [6, 6.07) is 0. The van der Waals surface area contributed by atoms with Crippen molar-refractivity contribution in [2.24, 2.45) is 5.92 Å². The third-order valence-electron chi connectivity index (χ3n) is 2.28. The van der Waals surface area contributed by atoms with Crippen molar-refractivity contribution in [3.05, 3.63) is 23.8 Å². The fourth-order valence-electron chi connectivity index (χ4n) is 1.28. The molecule has 68 valence electrons. The third kappa shape index (κ3) is 2.59. The van der Waals surface area contributed by atoms with E-state index in [-0.39, 0.29) is 22.8 Å². The van der Waals surface area contributed by atoms with Gasteiger partial charge in [-0.2, -0.15) is 0 Å². The van der Waals surface area contributed by atoms with Crippen LogP contribution in [0.5, 0.6) is 0 Å². The van der Waals surface area contributed by atoms with Gasteiger partial charge in [0.15, 0.2) is 5.78 Å². The molecule has 0 amide bonds. The summed E-state index contributed by atoms with van der Waals surface area (Å²) >= 11 is 0. The van der Waals surface area contributed by atoms with Crippen molar-refractivity contribution in [3.63, 3.8) is 0 Å². The van der Waals surface area contributed by atoms with Crippen LogP contribution in [-0.4, -0.2) is 5.78 Å².